The molecule has 2 aromatic rings. The molecule has 0 radical (unpaired) electrons. The number of halogens is 2. The number of rotatable bonds is 5. The van der Waals surface area contributed by atoms with Crippen LogP contribution < -0.4 is 10.6 Å². The smallest absolute Gasteiger partial charge is 0.252 e. The average Bonchev–Trinajstić information content (AvgIpc) is 3.17. The van der Waals surface area contributed by atoms with Gasteiger partial charge in [-0.1, -0.05) is 25.3 Å². The Morgan fingerprint density at radius 3 is 2.50 bits per heavy atom. The van der Waals surface area contributed by atoms with E-state index in [9.17, 15) is 18.4 Å². The van der Waals surface area contributed by atoms with Crippen LogP contribution in [0, 0.1) is 11.6 Å². The van der Waals surface area contributed by atoms with Crippen molar-refractivity contribution >= 4 is 23.2 Å². The third-order valence-corrected chi connectivity index (χ3v) is 5.44. The summed E-state index contributed by atoms with van der Waals surface area (Å²) in [4.78, 5) is 25.9. The minimum Gasteiger partial charge on any atom is -0.351 e. The van der Waals surface area contributed by atoms with E-state index in [1.54, 1.807) is 12.1 Å². The van der Waals surface area contributed by atoms with Crippen molar-refractivity contribution in [3.8, 4) is 0 Å². The Morgan fingerprint density at radius 1 is 1.08 bits per heavy atom. The molecule has 1 aromatic carbocycles. The topological polar surface area (TPSA) is 58.2 Å². The first-order valence-corrected chi connectivity index (χ1v) is 9.52. The number of hydrogen-bond donors (Lipinski definition) is 2. The van der Waals surface area contributed by atoms with Gasteiger partial charge in [-0.2, -0.15) is 0 Å². The second-order valence-electron chi connectivity index (χ2n) is 6.39. The monoisotopic (exact) mass is 378 g/mol. The van der Waals surface area contributed by atoms with Gasteiger partial charge in [-0.05, 0) is 42.5 Å². The van der Waals surface area contributed by atoms with Crippen molar-refractivity contribution in [2.75, 3.05) is 0 Å². The fourth-order valence-electron chi connectivity index (χ4n) is 3.10. The number of thiophene rings is 1. The lowest BCUT2D eigenvalue weighted by Crippen LogP contribution is -2.44. The van der Waals surface area contributed by atoms with Gasteiger partial charge in [0, 0.05) is 16.5 Å². The Hall–Kier alpha value is -2.28. The highest BCUT2D eigenvalue weighted by atomic mass is 32.1. The molecule has 1 aromatic heterocycles. The van der Waals surface area contributed by atoms with Crippen molar-refractivity contribution in [3.05, 3.63) is 57.8 Å². The average molecular weight is 378 g/mol. The maximum Gasteiger partial charge on any atom is 0.252 e. The lowest BCUT2D eigenvalue weighted by atomic mass is 9.95. The molecule has 7 heteroatoms. The largest absolute Gasteiger partial charge is 0.351 e. The number of amides is 2. The zero-order chi connectivity index (χ0) is 18.5. The number of hydrogen-bond acceptors (Lipinski definition) is 3. The molecule has 138 valence electrons. The van der Waals surface area contributed by atoms with Gasteiger partial charge < -0.3 is 10.6 Å². The van der Waals surface area contributed by atoms with E-state index in [-0.39, 0.29) is 17.5 Å². The minimum absolute atomic E-state index is 0.0316. The molecule has 0 saturated heterocycles. The Kier molecular flexibility index (Phi) is 5.98. The Balaban J connectivity index is 1.74. The molecule has 0 aliphatic heterocycles. The van der Waals surface area contributed by atoms with Crippen LogP contribution in [0.15, 0.2) is 35.7 Å². The predicted molar refractivity (Wildman–Crippen MR) is 95.9 cm³/mol. The molecule has 26 heavy (non-hydrogen) atoms. The van der Waals surface area contributed by atoms with Crippen LogP contribution in [0.2, 0.25) is 0 Å². The van der Waals surface area contributed by atoms with Gasteiger partial charge in [-0.25, -0.2) is 8.78 Å². The molecule has 2 amide bonds. The summed E-state index contributed by atoms with van der Waals surface area (Å²) in [6.07, 6.45) is 5.19. The zero-order valence-corrected chi connectivity index (χ0v) is 15.0. The Morgan fingerprint density at radius 2 is 1.85 bits per heavy atom. The van der Waals surface area contributed by atoms with Crippen LogP contribution in [0.4, 0.5) is 8.78 Å². The molecule has 1 atom stereocenters. The predicted octanol–water partition coefficient (Wildman–Crippen LogP) is 3.95. The molecular weight excluding hydrogens is 358 g/mol. The van der Waals surface area contributed by atoms with Crippen LogP contribution in [0.3, 0.4) is 0 Å². The van der Waals surface area contributed by atoms with E-state index in [4.69, 9.17) is 0 Å². The number of benzene rings is 1. The van der Waals surface area contributed by atoms with E-state index in [0.29, 0.717) is 4.88 Å². The summed E-state index contributed by atoms with van der Waals surface area (Å²) in [6, 6.07) is 5.72. The summed E-state index contributed by atoms with van der Waals surface area (Å²) in [5, 5.41) is 7.46. The Bertz CT molecular complexity index is 774. The molecule has 3 rings (SSSR count). The molecule has 2 N–H and O–H groups in total. The molecule has 1 unspecified atom stereocenters. The van der Waals surface area contributed by atoms with E-state index in [1.165, 1.54) is 23.8 Å². The summed E-state index contributed by atoms with van der Waals surface area (Å²) in [5.74, 6) is -3.03. The summed E-state index contributed by atoms with van der Waals surface area (Å²) in [6.45, 7) is 0. The zero-order valence-electron chi connectivity index (χ0n) is 14.1. The van der Waals surface area contributed by atoms with Gasteiger partial charge in [0.1, 0.15) is 6.04 Å². The van der Waals surface area contributed by atoms with Crippen molar-refractivity contribution in [1.82, 2.24) is 10.6 Å². The van der Waals surface area contributed by atoms with Crippen LogP contribution in [-0.2, 0) is 4.79 Å². The minimum atomic E-state index is -1.10. The van der Waals surface area contributed by atoms with E-state index >= 15 is 0 Å². The van der Waals surface area contributed by atoms with E-state index in [1.807, 2.05) is 5.38 Å². The summed E-state index contributed by atoms with van der Waals surface area (Å²) in [7, 11) is 0. The number of carbonyl (C=O) groups excluding carboxylic acids is 2. The van der Waals surface area contributed by atoms with E-state index in [2.05, 4.69) is 10.6 Å². The second-order valence-corrected chi connectivity index (χ2v) is 7.37. The fraction of sp³-hybridized carbons (Fsp3) is 0.368. The summed E-state index contributed by atoms with van der Waals surface area (Å²) < 4.78 is 26.5. The van der Waals surface area contributed by atoms with Crippen LogP contribution in [0.25, 0.3) is 0 Å². The lowest BCUT2D eigenvalue weighted by Gasteiger charge is -2.25. The number of nitrogens with one attached hydrogen (secondary N) is 2. The van der Waals surface area contributed by atoms with Crippen molar-refractivity contribution in [2.24, 2.45) is 0 Å². The van der Waals surface area contributed by atoms with Crippen LogP contribution in [0.5, 0.6) is 0 Å². The van der Waals surface area contributed by atoms with Gasteiger partial charge in [-0.15, -0.1) is 11.3 Å². The molecule has 0 bridgehead atoms. The van der Waals surface area contributed by atoms with E-state index in [0.717, 1.165) is 37.8 Å². The maximum atomic E-state index is 13.4. The maximum absolute atomic E-state index is 13.4. The molecule has 1 heterocycles. The summed E-state index contributed by atoms with van der Waals surface area (Å²) >= 11 is 1.35. The molecule has 4 nitrogen and oxygen atoms in total. The molecule has 1 aliphatic carbocycles. The van der Waals surface area contributed by atoms with Crippen molar-refractivity contribution in [3.63, 3.8) is 0 Å². The SMILES string of the molecule is O=C(NC(C(=O)NC1CCCCC1)c1cccs1)c1ccc(F)c(F)c1. The van der Waals surface area contributed by atoms with Crippen molar-refractivity contribution in [1.29, 1.82) is 0 Å². The highest BCUT2D eigenvalue weighted by Gasteiger charge is 2.27. The Labute approximate surface area is 154 Å². The molecule has 0 spiro atoms. The van der Waals surface area contributed by atoms with Crippen LogP contribution in [0.1, 0.15) is 53.4 Å². The first-order valence-electron chi connectivity index (χ1n) is 8.64. The van der Waals surface area contributed by atoms with Crippen LogP contribution in [-0.4, -0.2) is 17.9 Å². The van der Waals surface area contributed by atoms with Gasteiger partial charge in [0.05, 0.1) is 0 Å². The summed E-state index contributed by atoms with van der Waals surface area (Å²) in [5.41, 5.74) is -0.0316. The third-order valence-electron chi connectivity index (χ3n) is 4.50. The third kappa shape index (κ3) is 4.46. The lowest BCUT2D eigenvalue weighted by molar-refractivity contribution is -0.124. The molecular formula is C19H20F2N2O2S. The van der Waals surface area contributed by atoms with Gasteiger partial charge in [0.25, 0.3) is 5.91 Å². The van der Waals surface area contributed by atoms with Gasteiger partial charge >= 0.3 is 0 Å². The first-order chi connectivity index (χ1) is 12.5. The first kappa shape index (κ1) is 18.5. The molecule has 1 saturated carbocycles. The molecule has 1 fully saturated rings. The molecule has 1 aliphatic rings. The highest BCUT2D eigenvalue weighted by Crippen LogP contribution is 2.23. The van der Waals surface area contributed by atoms with Gasteiger partial charge in [0.2, 0.25) is 5.91 Å². The normalized spacial score (nSPS) is 16.1. The quantitative estimate of drug-likeness (QED) is 0.828. The second kappa shape index (κ2) is 8.40. The van der Waals surface area contributed by atoms with Crippen molar-refractivity contribution in [2.45, 2.75) is 44.2 Å². The van der Waals surface area contributed by atoms with Gasteiger partial charge in [-0.3, -0.25) is 9.59 Å². The van der Waals surface area contributed by atoms with E-state index < -0.39 is 23.6 Å². The fourth-order valence-corrected chi connectivity index (χ4v) is 3.88. The van der Waals surface area contributed by atoms with Gasteiger partial charge in [0.15, 0.2) is 11.6 Å². The standard InChI is InChI=1S/C19H20F2N2O2S/c20-14-9-8-12(11-15(14)21)18(24)23-17(16-7-4-10-26-16)19(25)22-13-5-2-1-3-6-13/h4,7-11,13,17H,1-3,5-6H2,(H,22,25)(H,23,24). The highest BCUT2D eigenvalue weighted by molar-refractivity contribution is 7.10. The number of carbonyl (C=O) groups is 2. The van der Waals surface area contributed by atoms with Crippen LogP contribution >= 0.6 is 11.3 Å². The van der Waals surface area contributed by atoms with Crippen molar-refractivity contribution < 1.29 is 18.4 Å².